The van der Waals surface area contributed by atoms with E-state index in [-0.39, 0.29) is 24.3 Å². The zero-order valence-electron chi connectivity index (χ0n) is 14.7. The third-order valence-electron chi connectivity index (χ3n) is 3.64. The number of benzene rings is 1. The summed E-state index contributed by atoms with van der Waals surface area (Å²) in [5.74, 6) is -0.145. The Bertz CT molecular complexity index is 721. The van der Waals surface area contributed by atoms with Crippen LogP contribution in [-0.4, -0.2) is 29.4 Å². The van der Waals surface area contributed by atoms with E-state index in [9.17, 15) is 9.59 Å². The van der Waals surface area contributed by atoms with Crippen molar-refractivity contribution in [3.05, 3.63) is 59.4 Å². The molecule has 0 spiro atoms. The van der Waals surface area contributed by atoms with E-state index >= 15 is 0 Å². The van der Waals surface area contributed by atoms with Crippen LogP contribution in [0.3, 0.4) is 0 Å². The van der Waals surface area contributed by atoms with Gasteiger partial charge in [0.1, 0.15) is 11.8 Å². The molecular formula is C19H22ClN3O3. The summed E-state index contributed by atoms with van der Waals surface area (Å²) in [5.41, 5.74) is 0.890. The van der Waals surface area contributed by atoms with Crippen LogP contribution in [-0.2, 0) is 16.1 Å². The number of nitrogens with one attached hydrogen (secondary N) is 2. The molecule has 1 aromatic heterocycles. The van der Waals surface area contributed by atoms with Gasteiger partial charge in [0.05, 0.1) is 0 Å². The summed E-state index contributed by atoms with van der Waals surface area (Å²) in [6.45, 7) is 3.91. The first kappa shape index (κ1) is 19.7. The molecule has 0 saturated carbocycles. The molecule has 2 aromatic rings. The summed E-state index contributed by atoms with van der Waals surface area (Å²) in [4.78, 5) is 28.5. The predicted molar refractivity (Wildman–Crippen MR) is 99.8 cm³/mol. The summed E-state index contributed by atoms with van der Waals surface area (Å²) in [6.07, 6.45) is 3.35. The lowest BCUT2D eigenvalue weighted by atomic mass is 10.0. The lowest BCUT2D eigenvalue weighted by molar-refractivity contribution is -0.131. The van der Waals surface area contributed by atoms with Crippen molar-refractivity contribution < 1.29 is 14.3 Å². The molecule has 0 saturated heterocycles. The second-order valence-corrected chi connectivity index (χ2v) is 6.55. The largest absolute Gasteiger partial charge is 0.484 e. The molecule has 138 valence electrons. The smallest absolute Gasteiger partial charge is 0.258 e. The third-order valence-corrected chi connectivity index (χ3v) is 3.89. The second kappa shape index (κ2) is 9.77. The molecule has 6 nitrogen and oxygen atoms in total. The number of pyridine rings is 1. The van der Waals surface area contributed by atoms with Crippen LogP contribution in [0, 0.1) is 5.92 Å². The van der Waals surface area contributed by atoms with Gasteiger partial charge in [-0.25, -0.2) is 0 Å². The monoisotopic (exact) mass is 375 g/mol. The second-order valence-electron chi connectivity index (χ2n) is 6.11. The first-order valence-electron chi connectivity index (χ1n) is 8.30. The number of amides is 2. The fourth-order valence-electron chi connectivity index (χ4n) is 2.23. The zero-order valence-corrected chi connectivity index (χ0v) is 15.5. The Labute approximate surface area is 157 Å². The van der Waals surface area contributed by atoms with E-state index in [0.29, 0.717) is 17.3 Å². The number of hydrogen-bond acceptors (Lipinski definition) is 4. The first-order chi connectivity index (χ1) is 12.5. The zero-order chi connectivity index (χ0) is 18.9. The third kappa shape index (κ3) is 6.37. The molecule has 1 heterocycles. The van der Waals surface area contributed by atoms with Gasteiger partial charge in [0.2, 0.25) is 5.91 Å². The van der Waals surface area contributed by atoms with Crippen LogP contribution < -0.4 is 15.4 Å². The highest BCUT2D eigenvalue weighted by molar-refractivity contribution is 6.30. The van der Waals surface area contributed by atoms with Crippen molar-refractivity contribution in [3.63, 3.8) is 0 Å². The maximum atomic E-state index is 12.4. The maximum Gasteiger partial charge on any atom is 0.258 e. The van der Waals surface area contributed by atoms with E-state index in [1.807, 2.05) is 19.9 Å². The van der Waals surface area contributed by atoms with E-state index in [0.717, 1.165) is 5.56 Å². The van der Waals surface area contributed by atoms with Crippen molar-refractivity contribution in [1.29, 1.82) is 0 Å². The number of nitrogens with zero attached hydrogens (tertiary/aromatic N) is 1. The Morgan fingerprint density at radius 1 is 1.19 bits per heavy atom. The van der Waals surface area contributed by atoms with Crippen molar-refractivity contribution in [1.82, 2.24) is 15.6 Å². The Morgan fingerprint density at radius 2 is 1.92 bits per heavy atom. The van der Waals surface area contributed by atoms with Crippen LogP contribution in [0.25, 0.3) is 0 Å². The van der Waals surface area contributed by atoms with E-state index in [4.69, 9.17) is 16.3 Å². The minimum absolute atomic E-state index is 0.0663. The van der Waals surface area contributed by atoms with Crippen LogP contribution in [0.1, 0.15) is 19.4 Å². The molecule has 0 aliphatic carbocycles. The van der Waals surface area contributed by atoms with Gasteiger partial charge in [0, 0.05) is 24.0 Å². The Morgan fingerprint density at radius 3 is 2.54 bits per heavy atom. The molecule has 0 radical (unpaired) electrons. The minimum atomic E-state index is -0.645. The normalized spacial score (nSPS) is 11.7. The number of carbonyl (C=O) groups is 2. The Hall–Kier alpha value is -2.60. The van der Waals surface area contributed by atoms with Gasteiger partial charge in [-0.1, -0.05) is 31.5 Å². The molecule has 1 aromatic carbocycles. The number of ether oxygens (including phenoxy) is 1. The van der Waals surface area contributed by atoms with Gasteiger partial charge < -0.3 is 15.4 Å². The molecular weight excluding hydrogens is 354 g/mol. The highest BCUT2D eigenvalue weighted by atomic mass is 35.5. The quantitative estimate of drug-likeness (QED) is 0.743. The van der Waals surface area contributed by atoms with Crippen LogP contribution in [0.2, 0.25) is 5.02 Å². The maximum absolute atomic E-state index is 12.4. The molecule has 0 unspecified atom stereocenters. The number of halogens is 1. The molecule has 0 aliphatic heterocycles. The molecule has 1 atom stereocenters. The molecule has 0 bridgehead atoms. The van der Waals surface area contributed by atoms with Gasteiger partial charge in [-0.15, -0.1) is 0 Å². The molecule has 7 heteroatoms. The van der Waals surface area contributed by atoms with Crippen LogP contribution in [0.5, 0.6) is 5.75 Å². The van der Waals surface area contributed by atoms with Crippen molar-refractivity contribution in [3.8, 4) is 5.75 Å². The van der Waals surface area contributed by atoms with E-state index < -0.39 is 6.04 Å². The average molecular weight is 376 g/mol. The molecule has 26 heavy (non-hydrogen) atoms. The summed E-state index contributed by atoms with van der Waals surface area (Å²) in [6, 6.07) is 9.74. The summed E-state index contributed by atoms with van der Waals surface area (Å²) >= 11 is 5.80. The fourth-order valence-corrected chi connectivity index (χ4v) is 2.36. The standard InChI is InChI=1S/C19H22ClN3O3/c1-13(2)18(19(25)22-11-14-4-3-9-21-10-14)23-17(24)12-26-16-7-5-15(20)6-8-16/h3-10,13,18H,11-12H2,1-2H3,(H,22,25)(H,23,24)/t18-/m0/s1. The number of hydrogen-bond donors (Lipinski definition) is 2. The Kier molecular flexibility index (Phi) is 7.41. The number of rotatable bonds is 8. The molecule has 2 amide bonds. The summed E-state index contributed by atoms with van der Waals surface area (Å²) in [5, 5.41) is 6.12. The minimum Gasteiger partial charge on any atom is -0.484 e. The van der Waals surface area contributed by atoms with Crippen LogP contribution in [0.15, 0.2) is 48.8 Å². The van der Waals surface area contributed by atoms with E-state index in [1.165, 1.54) is 0 Å². The van der Waals surface area contributed by atoms with Crippen molar-refractivity contribution in [2.45, 2.75) is 26.4 Å². The van der Waals surface area contributed by atoms with Crippen LogP contribution in [0.4, 0.5) is 0 Å². The highest BCUT2D eigenvalue weighted by Gasteiger charge is 2.24. The SMILES string of the molecule is CC(C)[C@H](NC(=O)COc1ccc(Cl)cc1)C(=O)NCc1cccnc1. The molecule has 2 rings (SSSR count). The van der Waals surface area contributed by atoms with Crippen molar-refractivity contribution in [2.24, 2.45) is 5.92 Å². The van der Waals surface area contributed by atoms with Gasteiger partial charge >= 0.3 is 0 Å². The first-order valence-corrected chi connectivity index (χ1v) is 8.68. The van der Waals surface area contributed by atoms with Crippen molar-refractivity contribution >= 4 is 23.4 Å². The summed E-state index contributed by atoms with van der Waals surface area (Å²) in [7, 11) is 0. The van der Waals surface area contributed by atoms with Gasteiger partial charge in [-0.3, -0.25) is 14.6 Å². The fraction of sp³-hybridized carbons (Fsp3) is 0.316. The van der Waals surface area contributed by atoms with Gasteiger partial charge in [0.25, 0.3) is 5.91 Å². The lowest BCUT2D eigenvalue weighted by Crippen LogP contribution is -2.50. The average Bonchev–Trinajstić information content (AvgIpc) is 2.64. The molecule has 0 fully saturated rings. The topological polar surface area (TPSA) is 80.3 Å². The number of aromatic nitrogens is 1. The van der Waals surface area contributed by atoms with E-state index in [1.54, 1.807) is 42.7 Å². The van der Waals surface area contributed by atoms with Gasteiger partial charge in [0.15, 0.2) is 6.61 Å². The lowest BCUT2D eigenvalue weighted by Gasteiger charge is -2.21. The van der Waals surface area contributed by atoms with Gasteiger partial charge in [-0.2, -0.15) is 0 Å². The Balaban J connectivity index is 1.84. The molecule has 2 N–H and O–H groups in total. The molecule has 0 aliphatic rings. The summed E-state index contributed by atoms with van der Waals surface area (Å²) < 4.78 is 5.40. The predicted octanol–water partition coefficient (Wildman–Crippen LogP) is 2.57. The van der Waals surface area contributed by atoms with Gasteiger partial charge in [-0.05, 0) is 41.8 Å². The number of carbonyl (C=O) groups excluding carboxylic acids is 2. The van der Waals surface area contributed by atoms with Crippen molar-refractivity contribution in [2.75, 3.05) is 6.61 Å². The van der Waals surface area contributed by atoms with E-state index in [2.05, 4.69) is 15.6 Å². The van der Waals surface area contributed by atoms with Crippen LogP contribution >= 0.6 is 11.6 Å². The highest BCUT2D eigenvalue weighted by Crippen LogP contribution is 2.15.